The number of benzene rings is 1. The first-order valence-corrected chi connectivity index (χ1v) is 6.66. The molecule has 108 valence electrons. The van der Waals surface area contributed by atoms with Crippen LogP contribution < -0.4 is 20.5 Å². The number of carbonyl (C=O) groups excluding carboxylic acids is 1. The Morgan fingerprint density at radius 2 is 2.20 bits per heavy atom. The molecule has 2 aliphatic rings. The molecule has 0 radical (unpaired) electrons. The molecule has 6 heteroatoms. The van der Waals surface area contributed by atoms with Crippen LogP contribution in [-0.2, 0) is 9.53 Å². The summed E-state index contributed by atoms with van der Waals surface area (Å²) in [6.45, 7) is 2.95. The molecule has 1 aromatic carbocycles. The highest BCUT2D eigenvalue weighted by molar-refractivity contribution is 5.86. The Hall–Kier alpha value is -1.79. The first-order valence-electron chi connectivity index (χ1n) is 6.66. The lowest BCUT2D eigenvalue weighted by atomic mass is 9.98. The zero-order valence-electron chi connectivity index (χ0n) is 11.3. The molecule has 0 saturated carbocycles. The van der Waals surface area contributed by atoms with Gasteiger partial charge in [0.15, 0.2) is 11.5 Å². The second kappa shape index (κ2) is 4.96. The molecule has 1 fully saturated rings. The quantitative estimate of drug-likeness (QED) is 0.851. The third-order valence-electron chi connectivity index (χ3n) is 3.75. The van der Waals surface area contributed by atoms with Gasteiger partial charge < -0.3 is 25.3 Å². The van der Waals surface area contributed by atoms with E-state index in [4.69, 9.17) is 19.9 Å². The highest BCUT2D eigenvalue weighted by Crippen LogP contribution is 2.34. The molecule has 2 heterocycles. The molecule has 2 atom stereocenters. The van der Waals surface area contributed by atoms with E-state index in [0.29, 0.717) is 18.8 Å². The van der Waals surface area contributed by atoms with Crippen molar-refractivity contribution in [1.29, 1.82) is 0 Å². The van der Waals surface area contributed by atoms with E-state index < -0.39 is 5.54 Å². The first-order chi connectivity index (χ1) is 9.58. The van der Waals surface area contributed by atoms with Crippen LogP contribution in [0.15, 0.2) is 18.2 Å². The highest BCUT2D eigenvalue weighted by Gasteiger charge is 2.38. The SMILES string of the molecule is CC(NC(=O)C1(N)CCOC1)c1ccc2c(c1)OCO2. The monoisotopic (exact) mass is 278 g/mol. The summed E-state index contributed by atoms with van der Waals surface area (Å²) in [5, 5.41) is 2.93. The number of hydrogen-bond acceptors (Lipinski definition) is 5. The van der Waals surface area contributed by atoms with E-state index >= 15 is 0 Å². The predicted molar refractivity (Wildman–Crippen MR) is 71.5 cm³/mol. The molecular weight excluding hydrogens is 260 g/mol. The fourth-order valence-electron chi connectivity index (χ4n) is 2.37. The van der Waals surface area contributed by atoms with Crippen LogP contribution in [0.25, 0.3) is 0 Å². The summed E-state index contributed by atoms with van der Waals surface area (Å²) in [5.74, 6) is 1.25. The molecule has 6 nitrogen and oxygen atoms in total. The van der Waals surface area contributed by atoms with Gasteiger partial charge in [-0.25, -0.2) is 0 Å². The summed E-state index contributed by atoms with van der Waals surface area (Å²) in [6.07, 6.45) is 0.548. The topological polar surface area (TPSA) is 82.8 Å². The average Bonchev–Trinajstić information content (AvgIpc) is 3.06. The Bertz CT molecular complexity index is 526. The van der Waals surface area contributed by atoms with Gasteiger partial charge in [-0.3, -0.25) is 4.79 Å². The average molecular weight is 278 g/mol. The largest absolute Gasteiger partial charge is 0.454 e. The fraction of sp³-hybridized carbons (Fsp3) is 0.500. The minimum absolute atomic E-state index is 0.155. The highest BCUT2D eigenvalue weighted by atomic mass is 16.7. The Morgan fingerprint density at radius 1 is 1.40 bits per heavy atom. The van der Waals surface area contributed by atoms with Crippen LogP contribution in [-0.4, -0.2) is 31.5 Å². The van der Waals surface area contributed by atoms with Crippen molar-refractivity contribution in [3.8, 4) is 11.5 Å². The van der Waals surface area contributed by atoms with Crippen molar-refractivity contribution in [3.05, 3.63) is 23.8 Å². The summed E-state index contributed by atoms with van der Waals surface area (Å²) < 4.78 is 15.8. The lowest BCUT2D eigenvalue weighted by Gasteiger charge is -2.24. The number of nitrogens with one attached hydrogen (secondary N) is 1. The Morgan fingerprint density at radius 3 is 2.95 bits per heavy atom. The van der Waals surface area contributed by atoms with Gasteiger partial charge in [0.2, 0.25) is 12.7 Å². The Balaban J connectivity index is 1.70. The molecule has 1 aromatic rings. The molecule has 3 rings (SSSR count). The van der Waals surface area contributed by atoms with E-state index in [-0.39, 0.29) is 25.3 Å². The zero-order chi connectivity index (χ0) is 14.2. The number of carbonyl (C=O) groups is 1. The fourth-order valence-corrected chi connectivity index (χ4v) is 2.37. The summed E-state index contributed by atoms with van der Waals surface area (Å²) >= 11 is 0. The van der Waals surface area contributed by atoms with Crippen LogP contribution in [0.5, 0.6) is 11.5 Å². The standard InChI is InChI=1S/C14H18N2O4/c1-9(16-13(17)14(15)4-5-18-7-14)10-2-3-11-12(6-10)20-8-19-11/h2-3,6,9H,4-5,7-8,15H2,1H3,(H,16,17). The maximum Gasteiger partial charge on any atom is 0.243 e. The second-order valence-corrected chi connectivity index (χ2v) is 5.27. The van der Waals surface area contributed by atoms with Crippen molar-refractivity contribution in [3.63, 3.8) is 0 Å². The minimum Gasteiger partial charge on any atom is -0.454 e. The Labute approximate surface area is 117 Å². The molecule has 0 aliphatic carbocycles. The van der Waals surface area contributed by atoms with Gasteiger partial charge in [0.05, 0.1) is 12.6 Å². The number of hydrogen-bond donors (Lipinski definition) is 2. The van der Waals surface area contributed by atoms with Crippen LogP contribution in [0.2, 0.25) is 0 Å². The van der Waals surface area contributed by atoms with Gasteiger partial charge in [0.1, 0.15) is 5.54 Å². The van der Waals surface area contributed by atoms with E-state index in [0.717, 1.165) is 11.3 Å². The van der Waals surface area contributed by atoms with Crippen LogP contribution in [0.3, 0.4) is 0 Å². The zero-order valence-corrected chi connectivity index (χ0v) is 11.3. The van der Waals surface area contributed by atoms with E-state index in [1.165, 1.54) is 0 Å². The van der Waals surface area contributed by atoms with Gasteiger partial charge in [-0.2, -0.15) is 0 Å². The van der Waals surface area contributed by atoms with Crippen molar-refractivity contribution in [2.24, 2.45) is 5.73 Å². The van der Waals surface area contributed by atoms with Crippen LogP contribution in [0, 0.1) is 0 Å². The normalized spacial score (nSPS) is 25.5. The molecule has 20 heavy (non-hydrogen) atoms. The molecule has 2 aliphatic heterocycles. The summed E-state index contributed by atoms with van der Waals surface area (Å²) in [4.78, 5) is 12.2. The first kappa shape index (κ1) is 13.2. The number of rotatable bonds is 3. The number of nitrogens with two attached hydrogens (primary N) is 1. The van der Waals surface area contributed by atoms with Crippen LogP contribution in [0.1, 0.15) is 24.9 Å². The molecule has 0 spiro atoms. The maximum atomic E-state index is 12.2. The van der Waals surface area contributed by atoms with Gasteiger partial charge in [-0.1, -0.05) is 6.07 Å². The van der Waals surface area contributed by atoms with Gasteiger partial charge in [0.25, 0.3) is 0 Å². The predicted octanol–water partition coefficient (Wildman–Crippen LogP) is 0.710. The molecule has 0 aromatic heterocycles. The van der Waals surface area contributed by atoms with Crippen molar-refractivity contribution in [2.75, 3.05) is 20.0 Å². The molecule has 1 amide bonds. The molecular formula is C14H18N2O4. The van der Waals surface area contributed by atoms with E-state index in [1.807, 2.05) is 25.1 Å². The number of fused-ring (bicyclic) bond motifs is 1. The summed E-state index contributed by atoms with van der Waals surface area (Å²) in [7, 11) is 0. The minimum atomic E-state index is -0.912. The van der Waals surface area contributed by atoms with Crippen LogP contribution >= 0.6 is 0 Å². The van der Waals surface area contributed by atoms with Gasteiger partial charge in [0, 0.05) is 6.61 Å². The van der Waals surface area contributed by atoms with E-state index in [2.05, 4.69) is 5.32 Å². The third kappa shape index (κ3) is 2.32. The van der Waals surface area contributed by atoms with Crippen molar-refractivity contribution >= 4 is 5.91 Å². The second-order valence-electron chi connectivity index (χ2n) is 5.27. The van der Waals surface area contributed by atoms with Gasteiger partial charge >= 0.3 is 0 Å². The molecule has 3 N–H and O–H groups in total. The lowest BCUT2D eigenvalue weighted by molar-refractivity contribution is -0.127. The smallest absolute Gasteiger partial charge is 0.243 e. The van der Waals surface area contributed by atoms with Crippen molar-refractivity contribution < 1.29 is 19.0 Å². The number of ether oxygens (including phenoxy) is 3. The van der Waals surface area contributed by atoms with Gasteiger partial charge in [-0.15, -0.1) is 0 Å². The molecule has 2 unspecified atom stereocenters. The van der Waals surface area contributed by atoms with Crippen LogP contribution in [0.4, 0.5) is 0 Å². The van der Waals surface area contributed by atoms with E-state index in [1.54, 1.807) is 0 Å². The van der Waals surface area contributed by atoms with Gasteiger partial charge in [-0.05, 0) is 31.0 Å². The lowest BCUT2D eigenvalue weighted by Crippen LogP contribution is -2.54. The van der Waals surface area contributed by atoms with Crippen molar-refractivity contribution in [2.45, 2.75) is 24.9 Å². The maximum absolute atomic E-state index is 12.2. The summed E-state index contributed by atoms with van der Waals surface area (Å²) in [5.41, 5.74) is 6.07. The van der Waals surface area contributed by atoms with E-state index in [9.17, 15) is 4.79 Å². The third-order valence-corrected chi connectivity index (χ3v) is 3.75. The summed E-state index contributed by atoms with van der Waals surface area (Å²) in [6, 6.07) is 5.48. The van der Waals surface area contributed by atoms with Crippen molar-refractivity contribution in [1.82, 2.24) is 5.32 Å². The number of amides is 1. The Kier molecular flexibility index (Phi) is 3.27. The molecule has 0 bridgehead atoms. The molecule has 1 saturated heterocycles.